The van der Waals surface area contributed by atoms with E-state index >= 15 is 0 Å². The fraction of sp³-hybridized carbons (Fsp3) is 0.250. The second-order valence-electron chi connectivity index (χ2n) is 3.15. The van der Waals surface area contributed by atoms with Crippen LogP contribution in [0.2, 0.25) is 5.02 Å². The lowest BCUT2D eigenvalue weighted by Crippen LogP contribution is -2.01. The van der Waals surface area contributed by atoms with Crippen LogP contribution in [0.3, 0.4) is 0 Å². The van der Waals surface area contributed by atoms with Crippen LogP contribution in [-0.2, 0) is 9.53 Å². The summed E-state index contributed by atoms with van der Waals surface area (Å²) >= 11 is 7.48. The molecule has 0 aliphatic heterocycles. The lowest BCUT2D eigenvalue weighted by Gasteiger charge is -2.00. The Hall–Kier alpha value is -0.930. The summed E-state index contributed by atoms with van der Waals surface area (Å²) in [6, 6.07) is 7.62. The number of thioether (sulfide) groups is 1. The van der Waals surface area contributed by atoms with Crippen molar-refractivity contribution in [3.05, 3.63) is 40.9 Å². The quantitative estimate of drug-likeness (QED) is 0.468. The van der Waals surface area contributed by atoms with E-state index in [1.54, 1.807) is 18.7 Å². The van der Waals surface area contributed by atoms with Crippen molar-refractivity contribution >= 4 is 29.3 Å². The summed E-state index contributed by atoms with van der Waals surface area (Å²) in [7, 11) is 1.38. The molecule has 86 valence electrons. The Balaban J connectivity index is 2.50. The van der Waals surface area contributed by atoms with Gasteiger partial charge >= 0.3 is 5.97 Å². The van der Waals surface area contributed by atoms with E-state index in [2.05, 4.69) is 4.74 Å². The van der Waals surface area contributed by atoms with Gasteiger partial charge in [-0.05, 0) is 25.1 Å². The molecular formula is C12H13ClO2S. The van der Waals surface area contributed by atoms with Gasteiger partial charge in [0.1, 0.15) is 0 Å². The molecule has 0 spiro atoms. The average Bonchev–Trinajstić information content (AvgIpc) is 2.28. The van der Waals surface area contributed by atoms with Crippen molar-refractivity contribution in [1.29, 1.82) is 0 Å². The van der Waals surface area contributed by atoms with E-state index in [0.717, 1.165) is 15.7 Å². The van der Waals surface area contributed by atoms with Crippen molar-refractivity contribution < 1.29 is 9.53 Å². The maximum atomic E-state index is 11.1. The molecule has 0 aliphatic carbocycles. The summed E-state index contributed by atoms with van der Waals surface area (Å²) in [5, 5.41) is 0.721. The Kier molecular flexibility index (Phi) is 5.43. The Morgan fingerprint density at radius 1 is 1.56 bits per heavy atom. The third-order valence-electron chi connectivity index (χ3n) is 1.94. The first kappa shape index (κ1) is 13.1. The van der Waals surface area contributed by atoms with Crippen LogP contribution in [0.5, 0.6) is 0 Å². The molecule has 0 aliphatic rings. The van der Waals surface area contributed by atoms with Crippen molar-refractivity contribution in [2.24, 2.45) is 0 Å². The smallest absolute Gasteiger partial charge is 0.333 e. The van der Waals surface area contributed by atoms with Gasteiger partial charge in [-0.1, -0.05) is 23.7 Å². The minimum Gasteiger partial charge on any atom is -0.466 e. The summed E-state index contributed by atoms with van der Waals surface area (Å²) in [5.74, 6) is 0.438. The molecule has 0 aromatic heterocycles. The van der Waals surface area contributed by atoms with Crippen molar-refractivity contribution in [2.75, 3.05) is 12.9 Å². The monoisotopic (exact) mass is 256 g/mol. The molecule has 1 rings (SSSR count). The topological polar surface area (TPSA) is 26.3 Å². The van der Waals surface area contributed by atoms with Crippen molar-refractivity contribution in [1.82, 2.24) is 0 Å². The Morgan fingerprint density at radius 3 is 2.94 bits per heavy atom. The summed E-state index contributed by atoms with van der Waals surface area (Å²) in [6.07, 6.45) is 1.84. The molecule has 16 heavy (non-hydrogen) atoms. The zero-order valence-corrected chi connectivity index (χ0v) is 10.8. The first-order valence-corrected chi connectivity index (χ1v) is 6.13. The maximum absolute atomic E-state index is 11.1. The van der Waals surface area contributed by atoms with Crippen LogP contribution in [0.25, 0.3) is 0 Å². The summed E-state index contributed by atoms with van der Waals surface area (Å²) < 4.78 is 4.60. The molecule has 0 radical (unpaired) electrons. The highest BCUT2D eigenvalue weighted by atomic mass is 35.5. The van der Waals surface area contributed by atoms with Crippen molar-refractivity contribution in [2.45, 2.75) is 11.8 Å². The SMILES string of the molecule is COC(=O)C(C)=CCSc1cccc(Cl)c1. The molecule has 1 aromatic carbocycles. The number of carbonyl (C=O) groups is 1. The van der Waals surface area contributed by atoms with E-state index in [4.69, 9.17) is 11.6 Å². The molecule has 0 saturated heterocycles. The van der Waals surface area contributed by atoms with Gasteiger partial charge in [-0.15, -0.1) is 11.8 Å². The molecule has 1 aromatic rings. The lowest BCUT2D eigenvalue weighted by atomic mass is 10.3. The molecule has 0 saturated carbocycles. The molecule has 0 bridgehead atoms. The van der Waals surface area contributed by atoms with Crippen LogP contribution in [0.15, 0.2) is 40.8 Å². The first-order chi connectivity index (χ1) is 7.63. The highest BCUT2D eigenvalue weighted by Crippen LogP contribution is 2.21. The van der Waals surface area contributed by atoms with Crippen LogP contribution in [0.4, 0.5) is 0 Å². The first-order valence-electron chi connectivity index (χ1n) is 4.77. The van der Waals surface area contributed by atoms with Gasteiger partial charge in [0, 0.05) is 21.2 Å². The normalized spacial score (nSPS) is 11.3. The average molecular weight is 257 g/mol. The Morgan fingerprint density at radius 2 is 2.31 bits per heavy atom. The Bertz CT molecular complexity index is 402. The zero-order chi connectivity index (χ0) is 12.0. The molecule has 0 heterocycles. The van der Waals surface area contributed by atoms with E-state index in [1.165, 1.54) is 7.11 Å². The molecular weight excluding hydrogens is 244 g/mol. The largest absolute Gasteiger partial charge is 0.466 e. The third kappa shape index (κ3) is 4.29. The third-order valence-corrected chi connectivity index (χ3v) is 3.10. The van der Waals surface area contributed by atoms with Gasteiger partial charge in [0.2, 0.25) is 0 Å². The summed E-state index contributed by atoms with van der Waals surface area (Å²) in [4.78, 5) is 12.2. The van der Waals surface area contributed by atoms with Gasteiger partial charge in [0.05, 0.1) is 7.11 Å². The van der Waals surface area contributed by atoms with Crippen molar-refractivity contribution in [3.63, 3.8) is 0 Å². The minimum absolute atomic E-state index is 0.285. The van der Waals surface area contributed by atoms with E-state index in [1.807, 2.05) is 30.3 Å². The highest BCUT2D eigenvalue weighted by Gasteiger charge is 2.01. The fourth-order valence-electron chi connectivity index (χ4n) is 1.06. The highest BCUT2D eigenvalue weighted by molar-refractivity contribution is 7.99. The predicted octanol–water partition coefficient (Wildman–Crippen LogP) is 3.55. The predicted molar refractivity (Wildman–Crippen MR) is 67.9 cm³/mol. The fourth-order valence-corrected chi connectivity index (χ4v) is 2.23. The molecule has 0 atom stereocenters. The number of rotatable bonds is 4. The van der Waals surface area contributed by atoms with Crippen LogP contribution in [0.1, 0.15) is 6.92 Å². The molecule has 0 amide bonds. The molecule has 4 heteroatoms. The number of esters is 1. The van der Waals surface area contributed by atoms with Crippen LogP contribution < -0.4 is 0 Å². The number of benzene rings is 1. The lowest BCUT2D eigenvalue weighted by molar-refractivity contribution is -0.136. The zero-order valence-electron chi connectivity index (χ0n) is 9.20. The number of hydrogen-bond donors (Lipinski definition) is 0. The number of hydrogen-bond acceptors (Lipinski definition) is 3. The van der Waals surface area contributed by atoms with Gasteiger partial charge in [0.25, 0.3) is 0 Å². The van der Waals surface area contributed by atoms with Crippen LogP contribution in [-0.4, -0.2) is 18.8 Å². The van der Waals surface area contributed by atoms with Gasteiger partial charge < -0.3 is 4.74 Å². The molecule has 0 N–H and O–H groups in total. The van der Waals surface area contributed by atoms with Gasteiger partial charge in [0.15, 0.2) is 0 Å². The number of halogens is 1. The van der Waals surface area contributed by atoms with E-state index in [0.29, 0.717) is 5.57 Å². The standard InChI is InChI=1S/C12H13ClO2S/c1-9(12(14)15-2)6-7-16-11-5-3-4-10(13)8-11/h3-6,8H,7H2,1-2H3. The van der Waals surface area contributed by atoms with E-state index in [-0.39, 0.29) is 5.97 Å². The minimum atomic E-state index is -0.285. The summed E-state index contributed by atoms with van der Waals surface area (Å²) in [5.41, 5.74) is 0.622. The van der Waals surface area contributed by atoms with E-state index < -0.39 is 0 Å². The second-order valence-corrected chi connectivity index (χ2v) is 4.68. The second kappa shape index (κ2) is 6.61. The number of methoxy groups -OCH3 is 1. The van der Waals surface area contributed by atoms with Gasteiger partial charge in [-0.2, -0.15) is 0 Å². The maximum Gasteiger partial charge on any atom is 0.333 e. The molecule has 2 nitrogen and oxygen atoms in total. The number of ether oxygens (including phenoxy) is 1. The van der Waals surface area contributed by atoms with Gasteiger partial charge in [-0.25, -0.2) is 4.79 Å². The Labute approximate surface area is 105 Å². The van der Waals surface area contributed by atoms with Crippen LogP contribution >= 0.6 is 23.4 Å². The van der Waals surface area contributed by atoms with Crippen molar-refractivity contribution in [3.8, 4) is 0 Å². The van der Waals surface area contributed by atoms with Gasteiger partial charge in [-0.3, -0.25) is 0 Å². The number of carbonyl (C=O) groups excluding carboxylic acids is 1. The summed E-state index contributed by atoms with van der Waals surface area (Å²) in [6.45, 7) is 1.74. The molecule has 0 fully saturated rings. The van der Waals surface area contributed by atoms with E-state index in [9.17, 15) is 4.79 Å². The van der Waals surface area contributed by atoms with Crippen LogP contribution in [0, 0.1) is 0 Å². The molecule has 0 unspecified atom stereocenters.